The zero-order valence-electron chi connectivity index (χ0n) is 15.9. The molecule has 2 aromatic carbocycles. The predicted molar refractivity (Wildman–Crippen MR) is 127 cm³/mol. The van der Waals surface area contributed by atoms with E-state index >= 15 is 0 Å². The first-order chi connectivity index (χ1) is 14.3. The largest absolute Gasteiger partial charge is 0.493 e. The minimum Gasteiger partial charge on any atom is -0.493 e. The molecule has 30 heavy (non-hydrogen) atoms. The molecule has 0 radical (unpaired) electrons. The molecule has 0 saturated carbocycles. The number of benzene rings is 2. The Hall–Kier alpha value is -2.07. The van der Waals surface area contributed by atoms with Gasteiger partial charge in [0.1, 0.15) is 4.32 Å². The number of amides is 2. The number of thioether (sulfide) groups is 1. The van der Waals surface area contributed by atoms with E-state index in [0.29, 0.717) is 35.9 Å². The third-order valence-electron chi connectivity index (χ3n) is 4.03. The fourth-order valence-corrected chi connectivity index (χ4v) is 4.48. The fourth-order valence-electron chi connectivity index (χ4n) is 2.55. The van der Waals surface area contributed by atoms with Crippen LogP contribution in [0.3, 0.4) is 0 Å². The van der Waals surface area contributed by atoms with Gasteiger partial charge in [0.25, 0.3) is 11.8 Å². The van der Waals surface area contributed by atoms with Crippen LogP contribution in [0.2, 0.25) is 5.02 Å². The Kier molecular flexibility index (Phi) is 7.41. The zero-order valence-corrected chi connectivity index (χ0v) is 19.9. The van der Waals surface area contributed by atoms with E-state index in [1.165, 1.54) is 23.8 Å². The van der Waals surface area contributed by atoms with Gasteiger partial charge in [0.2, 0.25) is 0 Å². The fraction of sp³-hybridized carbons (Fsp3) is 0.150. The summed E-state index contributed by atoms with van der Waals surface area (Å²) in [4.78, 5) is 26.4. The van der Waals surface area contributed by atoms with Crippen LogP contribution in [0.1, 0.15) is 5.56 Å². The van der Waals surface area contributed by atoms with E-state index in [1.807, 2.05) is 0 Å². The van der Waals surface area contributed by atoms with Crippen LogP contribution in [0.5, 0.6) is 11.5 Å². The quantitative estimate of drug-likeness (QED) is 0.423. The Balaban J connectivity index is 1.75. The van der Waals surface area contributed by atoms with Crippen LogP contribution in [-0.4, -0.2) is 41.8 Å². The first-order valence-corrected chi connectivity index (χ1v) is 11.0. The molecule has 2 aromatic rings. The van der Waals surface area contributed by atoms with Crippen molar-refractivity contribution in [1.29, 1.82) is 0 Å². The van der Waals surface area contributed by atoms with Crippen LogP contribution in [-0.2, 0) is 9.59 Å². The number of anilines is 1. The second-order valence-corrected chi connectivity index (χ2v) is 9.03. The van der Waals surface area contributed by atoms with Crippen molar-refractivity contribution in [2.45, 2.75) is 0 Å². The summed E-state index contributed by atoms with van der Waals surface area (Å²) >= 11 is 15.9. The van der Waals surface area contributed by atoms with Crippen LogP contribution in [0, 0.1) is 0 Å². The Morgan fingerprint density at radius 1 is 1.37 bits per heavy atom. The van der Waals surface area contributed by atoms with E-state index in [2.05, 4.69) is 21.2 Å². The van der Waals surface area contributed by atoms with Crippen LogP contribution < -0.4 is 14.8 Å². The van der Waals surface area contributed by atoms with Gasteiger partial charge in [0.15, 0.2) is 18.1 Å². The molecule has 6 nitrogen and oxygen atoms in total. The molecule has 10 heteroatoms. The molecular weight excluding hydrogens is 512 g/mol. The van der Waals surface area contributed by atoms with Crippen LogP contribution in [0.25, 0.3) is 6.08 Å². The van der Waals surface area contributed by atoms with Crippen LogP contribution in [0.15, 0.2) is 45.8 Å². The molecule has 0 aromatic heterocycles. The Morgan fingerprint density at radius 3 is 2.73 bits per heavy atom. The zero-order chi connectivity index (χ0) is 21.8. The van der Waals surface area contributed by atoms with Crippen molar-refractivity contribution < 1.29 is 19.1 Å². The van der Waals surface area contributed by atoms with E-state index in [0.717, 1.165) is 5.56 Å². The van der Waals surface area contributed by atoms with Gasteiger partial charge >= 0.3 is 0 Å². The molecule has 3 rings (SSSR count). The summed E-state index contributed by atoms with van der Waals surface area (Å²) in [6.45, 7) is -0.242. The lowest BCUT2D eigenvalue weighted by Crippen LogP contribution is -2.22. The van der Waals surface area contributed by atoms with Gasteiger partial charge in [-0.2, -0.15) is 0 Å². The molecular formula is C20H16BrClN2O4S2. The van der Waals surface area contributed by atoms with Gasteiger partial charge in [0.05, 0.1) is 27.2 Å². The van der Waals surface area contributed by atoms with Crippen molar-refractivity contribution >= 4 is 79.4 Å². The number of ether oxygens (including phenoxy) is 2. The topological polar surface area (TPSA) is 67.9 Å². The number of carbonyl (C=O) groups is 2. The Labute approximate surface area is 196 Å². The molecule has 1 saturated heterocycles. The summed E-state index contributed by atoms with van der Waals surface area (Å²) in [5, 5.41) is 3.13. The van der Waals surface area contributed by atoms with Gasteiger partial charge < -0.3 is 14.8 Å². The van der Waals surface area contributed by atoms with E-state index in [-0.39, 0.29) is 18.4 Å². The van der Waals surface area contributed by atoms with E-state index in [9.17, 15) is 9.59 Å². The minimum absolute atomic E-state index is 0.156. The first kappa shape index (κ1) is 22.6. The van der Waals surface area contributed by atoms with Gasteiger partial charge in [-0.25, -0.2) is 0 Å². The van der Waals surface area contributed by atoms with Crippen molar-refractivity contribution in [1.82, 2.24) is 4.90 Å². The number of likely N-dealkylation sites (N-methyl/N-ethyl adjacent to an activating group) is 1. The lowest BCUT2D eigenvalue weighted by molar-refractivity contribution is -0.121. The Bertz CT molecular complexity index is 1060. The summed E-state index contributed by atoms with van der Waals surface area (Å²) < 4.78 is 12.1. The number of halogens is 2. The maximum Gasteiger partial charge on any atom is 0.265 e. The molecule has 156 valence electrons. The SMILES string of the molecule is COc1cc(/C=C2\SC(=S)N(C)C2=O)cc(Br)c1OCC(=O)Nc1ccccc1Cl. The second kappa shape index (κ2) is 9.82. The summed E-state index contributed by atoms with van der Waals surface area (Å²) in [5.41, 5.74) is 1.22. The summed E-state index contributed by atoms with van der Waals surface area (Å²) in [7, 11) is 3.13. The van der Waals surface area contributed by atoms with Gasteiger partial charge in [-0.3, -0.25) is 14.5 Å². The third kappa shape index (κ3) is 5.15. The highest BCUT2D eigenvalue weighted by molar-refractivity contribution is 9.10. The number of nitrogens with zero attached hydrogens (tertiary/aromatic N) is 1. The van der Waals surface area contributed by atoms with E-state index < -0.39 is 0 Å². The smallest absolute Gasteiger partial charge is 0.265 e. The van der Waals surface area contributed by atoms with Gasteiger partial charge in [-0.05, 0) is 51.8 Å². The second-order valence-electron chi connectivity index (χ2n) is 6.09. The third-order valence-corrected chi connectivity index (χ3v) is 6.43. The maximum atomic E-state index is 12.2. The number of rotatable bonds is 6. The number of methoxy groups -OCH3 is 1. The van der Waals surface area contributed by atoms with Crippen molar-refractivity contribution in [2.24, 2.45) is 0 Å². The van der Waals surface area contributed by atoms with Crippen molar-refractivity contribution in [3.8, 4) is 11.5 Å². The summed E-state index contributed by atoms with van der Waals surface area (Å²) in [6.07, 6.45) is 1.73. The average molecular weight is 528 g/mol. The highest BCUT2D eigenvalue weighted by Crippen LogP contribution is 2.39. The number of thiocarbonyl (C=S) groups is 1. The van der Waals surface area contributed by atoms with Crippen LogP contribution in [0.4, 0.5) is 5.69 Å². The average Bonchev–Trinajstić information content (AvgIpc) is 2.95. The molecule has 1 fully saturated rings. The minimum atomic E-state index is -0.368. The van der Waals surface area contributed by atoms with Gasteiger partial charge in [0, 0.05) is 7.05 Å². The molecule has 0 aliphatic carbocycles. The number of para-hydroxylation sites is 1. The first-order valence-electron chi connectivity index (χ1n) is 8.56. The van der Waals surface area contributed by atoms with E-state index in [1.54, 1.807) is 49.5 Å². The summed E-state index contributed by atoms with van der Waals surface area (Å²) in [5.74, 6) is 0.254. The number of hydrogen-bond acceptors (Lipinski definition) is 6. The van der Waals surface area contributed by atoms with Gasteiger partial charge in [-0.15, -0.1) is 0 Å². The predicted octanol–water partition coefficient (Wildman–Crippen LogP) is 4.96. The van der Waals surface area contributed by atoms with Crippen molar-refractivity contribution in [3.63, 3.8) is 0 Å². The number of hydrogen-bond donors (Lipinski definition) is 1. The normalized spacial score (nSPS) is 14.9. The monoisotopic (exact) mass is 526 g/mol. The maximum absolute atomic E-state index is 12.2. The highest BCUT2D eigenvalue weighted by Gasteiger charge is 2.28. The molecule has 0 spiro atoms. The molecule has 1 heterocycles. The highest BCUT2D eigenvalue weighted by atomic mass is 79.9. The lowest BCUT2D eigenvalue weighted by Gasteiger charge is -2.14. The van der Waals surface area contributed by atoms with Crippen molar-refractivity contribution in [3.05, 3.63) is 56.4 Å². The van der Waals surface area contributed by atoms with E-state index in [4.69, 9.17) is 33.3 Å². The Morgan fingerprint density at radius 2 is 2.10 bits per heavy atom. The summed E-state index contributed by atoms with van der Waals surface area (Å²) in [6, 6.07) is 10.4. The molecule has 1 aliphatic heterocycles. The van der Waals surface area contributed by atoms with Crippen LogP contribution >= 0.6 is 51.5 Å². The molecule has 0 bridgehead atoms. The number of nitrogens with one attached hydrogen (secondary N) is 1. The number of carbonyl (C=O) groups excluding carboxylic acids is 2. The molecule has 1 N–H and O–H groups in total. The molecule has 2 amide bonds. The molecule has 0 atom stereocenters. The lowest BCUT2D eigenvalue weighted by atomic mass is 10.2. The molecule has 1 aliphatic rings. The van der Waals surface area contributed by atoms with Gasteiger partial charge in [-0.1, -0.05) is 47.7 Å². The molecule has 0 unspecified atom stereocenters. The standard InChI is InChI=1S/C20H16BrClN2O4S2/c1-24-19(26)16(30-20(24)29)9-11-7-12(21)18(15(8-11)27-2)28-10-17(25)23-14-6-4-3-5-13(14)22/h3-9H,10H2,1-2H3,(H,23,25)/b16-9-. The van der Waals surface area contributed by atoms with Crippen molar-refractivity contribution in [2.75, 3.05) is 26.1 Å².